The van der Waals surface area contributed by atoms with E-state index in [9.17, 15) is 9.59 Å². The van der Waals surface area contributed by atoms with E-state index in [0.717, 1.165) is 36.8 Å². The average molecular weight is 348 g/mol. The van der Waals surface area contributed by atoms with Crippen LogP contribution in [0.15, 0.2) is 12.1 Å². The van der Waals surface area contributed by atoms with E-state index in [-0.39, 0.29) is 5.41 Å². The summed E-state index contributed by atoms with van der Waals surface area (Å²) in [5.41, 5.74) is 2.46. The Bertz CT molecular complexity index is 597. The molecule has 140 valence electrons. The number of hydrogen-bond donors (Lipinski definition) is 0. The van der Waals surface area contributed by atoms with Gasteiger partial charge in [0.2, 0.25) is 0 Å². The Balaban J connectivity index is 3.21. The highest BCUT2D eigenvalue weighted by Gasteiger charge is 2.25. The molecular weight excluding hydrogens is 316 g/mol. The Hall–Kier alpha value is -1.84. The zero-order valence-electron chi connectivity index (χ0n) is 16.5. The van der Waals surface area contributed by atoms with Gasteiger partial charge >= 0.3 is 11.9 Å². The number of aryl methyl sites for hydroxylation is 1. The molecule has 0 fully saturated rings. The molecule has 25 heavy (non-hydrogen) atoms. The van der Waals surface area contributed by atoms with Crippen LogP contribution < -0.4 is 0 Å². The zero-order valence-corrected chi connectivity index (χ0v) is 16.5. The Morgan fingerprint density at radius 2 is 1.32 bits per heavy atom. The first-order valence-corrected chi connectivity index (χ1v) is 9.21. The monoisotopic (exact) mass is 348 g/mol. The molecule has 0 atom stereocenters. The van der Waals surface area contributed by atoms with E-state index >= 15 is 0 Å². The second-order valence-corrected chi connectivity index (χ2v) is 7.44. The van der Waals surface area contributed by atoms with Crippen molar-refractivity contribution in [1.82, 2.24) is 0 Å². The van der Waals surface area contributed by atoms with Gasteiger partial charge in [-0.3, -0.25) is 0 Å². The minimum atomic E-state index is -0.459. The van der Waals surface area contributed by atoms with Crippen LogP contribution in [-0.4, -0.2) is 25.2 Å². The predicted octanol–water partition coefficient (Wildman–Crippen LogP) is 5.21. The minimum absolute atomic E-state index is 0.132. The second-order valence-electron chi connectivity index (χ2n) is 7.44. The van der Waals surface area contributed by atoms with E-state index in [4.69, 9.17) is 9.47 Å². The van der Waals surface area contributed by atoms with Gasteiger partial charge in [-0.05, 0) is 48.4 Å². The molecule has 0 aromatic heterocycles. The molecule has 4 nitrogen and oxygen atoms in total. The van der Waals surface area contributed by atoms with Crippen molar-refractivity contribution < 1.29 is 19.1 Å². The molecular formula is C21H32O4. The van der Waals surface area contributed by atoms with Crippen LogP contribution in [0.5, 0.6) is 0 Å². The van der Waals surface area contributed by atoms with Crippen molar-refractivity contribution in [1.29, 1.82) is 0 Å². The lowest BCUT2D eigenvalue weighted by atomic mass is 9.82. The first-order valence-electron chi connectivity index (χ1n) is 9.21. The Kier molecular flexibility index (Phi) is 8.14. The number of rotatable bonds is 8. The van der Waals surface area contributed by atoms with Gasteiger partial charge in [0.15, 0.2) is 0 Å². The fraction of sp³-hybridized carbons (Fsp3) is 0.619. The van der Waals surface area contributed by atoms with Crippen LogP contribution in [0, 0.1) is 6.92 Å². The van der Waals surface area contributed by atoms with Crippen molar-refractivity contribution in [2.75, 3.05) is 13.2 Å². The first-order chi connectivity index (χ1) is 11.7. The summed E-state index contributed by atoms with van der Waals surface area (Å²) in [4.78, 5) is 25.0. The summed E-state index contributed by atoms with van der Waals surface area (Å²) in [6, 6.07) is 3.55. The van der Waals surface area contributed by atoms with Crippen LogP contribution in [0.4, 0.5) is 0 Å². The Labute approximate surface area is 151 Å². The molecule has 0 spiro atoms. The maximum absolute atomic E-state index is 12.5. The number of hydrogen-bond acceptors (Lipinski definition) is 4. The summed E-state index contributed by atoms with van der Waals surface area (Å²) in [7, 11) is 0. The Morgan fingerprint density at radius 3 is 1.72 bits per heavy atom. The van der Waals surface area contributed by atoms with Crippen LogP contribution in [-0.2, 0) is 14.9 Å². The summed E-state index contributed by atoms with van der Waals surface area (Å²) in [5.74, 6) is -0.916. The van der Waals surface area contributed by atoms with Gasteiger partial charge in [0.1, 0.15) is 0 Å². The van der Waals surface area contributed by atoms with Crippen LogP contribution >= 0.6 is 0 Å². The van der Waals surface area contributed by atoms with Gasteiger partial charge in [0.05, 0.1) is 24.3 Å². The number of benzene rings is 1. The topological polar surface area (TPSA) is 52.6 Å². The summed E-state index contributed by atoms with van der Waals surface area (Å²) in [6.45, 7) is 13.0. The molecule has 0 unspecified atom stereocenters. The molecule has 4 heteroatoms. The fourth-order valence-electron chi connectivity index (χ4n) is 2.63. The highest BCUT2D eigenvalue weighted by Crippen LogP contribution is 2.29. The van der Waals surface area contributed by atoms with E-state index < -0.39 is 11.9 Å². The SMILES string of the molecule is CCCCOC(=O)c1cc(C)c(C(C)(C)C)cc1C(=O)OCCCC. The minimum Gasteiger partial charge on any atom is -0.462 e. The van der Waals surface area contributed by atoms with E-state index in [0.29, 0.717) is 24.3 Å². The van der Waals surface area contributed by atoms with Crippen molar-refractivity contribution in [3.8, 4) is 0 Å². The molecule has 0 heterocycles. The van der Waals surface area contributed by atoms with Gasteiger partial charge in [-0.1, -0.05) is 47.5 Å². The summed E-state index contributed by atoms with van der Waals surface area (Å²) in [5, 5.41) is 0. The molecule has 0 aliphatic rings. The normalized spacial score (nSPS) is 11.3. The summed E-state index contributed by atoms with van der Waals surface area (Å²) in [6.07, 6.45) is 3.50. The number of ether oxygens (including phenoxy) is 2. The highest BCUT2D eigenvalue weighted by atomic mass is 16.5. The molecule has 1 aromatic carbocycles. The molecule has 1 rings (SSSR count). The lowest BCUT2D eigenvalue weighted by Crippen LogP contribution is -2.20. The smallest absolute Gasteiger partial charge is 0.339 e. The number of carbonyl (C=O) groups excluding carboxylic acids is 2. The third-order valence-electron chi connectivity index (χ3n) is 4.07. The summed E-state index contributed by atoms with van der Waals surface area (Å²) < 4.78 is 10.7. The lowest BCUT2D eigenvalue weighted by Gasteiger charge is -2.23. The van der Waals surface area contributed by atoms with E-state index in [1.807, 2.05) is 20.8 Å². The maximum Gasteiger partial charge on any atom is 0.339 e. The molecule has 0 aliphatic carbocycles. The number of esters is 2. The van der Waals surface area contributed by atoms with Gasteiger partial charge in [0.25, 0.3) is 0 Å². The van der Waals surface area contributed by atoms with Crippen molar-refractivity contribution in [3.05, 3.63) is 34.4 Å². The van der Waals surface area contributed by atoms with Crippen LogP contribution in [0.3, 0.4) is 0 Å². The van der Waals surface area contributed by atoms with Crippen molar-refractivity contribution in [2.45, 2.75) is 72.6 Å². The number of unbranched alkanes of at least 4 members (excludes halogenated alkanes) is 2. The molecule has 0 N–H and O–H groups in total. The average Bonchev–Trinajstić information content (AvgIpc) is 2.53. The van der Waals surface area contributed by atoms with Crippen molar-refractivity contribution in [3.63, 3.8) is 0 Å². The summed E-state index contributed by atoms with van der Waals surface area (Å²) >= 11 is 0. The van der Waals surface area contributed by atoms with Gasteiger partial charge in [-0.25, -0.2) is 9.59 Å². The van der Waals surface area contributed by atoms with E-state index in [1.165, 1.54) is 0 Å². The van der Waals surface area contributed by atoms with Crippen LogP contribution in [0.1, 0.15) is 92.1 Å². The first kappa shape index (κ1) is 21.2. The second kappa shape index (κ2) is 9.59. The molecule has 0 radical (unpaired) electrons. The molecule has 0 amide bonds. The Morgan fingerprint density at radius 1 is 0.880 bits per heavy atom. The van der Waals surface area contributed by atoms with Gasteiger partial charge in [0, 0.05) is 0 Å². The zero-order chi connectivity index (χ0) is 19.0. The largest absolute Gasteiger partial charge is 0.462 e. The molecule has 0 saturated heterocycles. The highest BCUT2D eigenvalue weighted by molar-refractivity contribution is 6.03. The van der Waals surface area contributed by atoms with E-state index in [2.05, 4.69) is 20.8 Å². The van der Waals surface area contributed by atoms with Gasteiger partial charge in [-0.15, -0.1) is 0 Å². The third-order valence-corrected chi connectivity index (χ3v) is 4.07. The quantitative estimate of drug-likeness (QED) is 0.478. The van der Waals surface area contributed by atoms with Gasteiger partial charge < -0.3 is 9.47 Å². The predicted molar refractivity (Wildman–Crippen MR) is 100 cm³/mol. The maximum atomic E-state index is 12.5. The van der Waals surface area contributed by atoms with Gasteiger partial charge in [-0.2, -0.15) is 0 Å². The van der Waals surface area contributed by atoms with Crippen LogP contribution in [0.2, 0.25) is 0 Å². The lowest BCUT2D eigenvalue weighted by molar-refractivity contribution is 0.0452. The molecule has 0 aliphatic heterocycles. The molecule has 0 saturated carbocycles. The van der Waals surface area contributed by atoms with Crippen LogP contribution in [0.25, 0.3) is 0 Å². The van der Waals surface area contributed by atoms with Crippen molar-refractivity contribution >= 4 is 11.9 Å². The standard InChI is InChI=1S/C21H32O4/c1-7-9-11-24-19(22)16-13-15(3)18(21(4,5)6)14-17(16)20(23)25-12-10-8-2/h13-14H,7-12H2,1-6H3. The fourth-order valence-corrected chi connectivity index (χ4v) is 2.63. The molecule has 1 aromatic rings. The van der Waals surface area contributed by atoms with E-state index in [1.54, 1.807) is 12.1 Å². The van der Waals surface area contributed by atoms with Crippen molar-refractivity contribution in [2.24, 2.45) is 0 Å². The third kappa shape index (κ3) is 6.18. The number of carbonyl (C=O) groups is 2. The molecule has 0 bridgehead atoms.